The normalized spacial score (nSPS) is 11.4. The Balaban J connectivity index is 1.97. The van der Waals surface area contributed by atoms with E-state index in [0.29, 0.717) is 11.5 Å². The molecule has 0 aliphatic carbocycles. The fourth-order valence-electron chi connectivity index (χ4n) is 2.48. The molecule has 1 amide bonds. The first kappa shape index (κ1) is 19.5. The second-order valence-electron chi connectivity index (χ2n) is 5.93. The van der Waals surface area contributed by atoms with E-state index in [1.807, 2.05) is 0 Å². The highest BCUT2D eigenvalue weighted by molar-refractivity contribution is 7.89. The fraction of sp³-hybridized carbons (Fsp3) is 0.167. The van der Waals surface area contributed by atoms with E-state index in [4.69, 9.17) is 4.74 Å². The molecule has 1 N–H and O–H groups in total. The van der Waals surface area contributed by atoms with Crippen molar-refractivity contribution in [2.75, 3.05) is 26.5 Å². The van der Waals surface area contributed by atoms with Crippen molar-refractivity contribution in [1.29, 1.82) is 0 Å². The van der Waals surface area contributed by atoms with Crippen LogP contribution in [0.4, 0.5) is 5.69 Å². The molecule has 0 spiro atoms. The third-order valence-corrected chi connectivity index (χ3v) is 5.78. The standard InChI is InChI=1S/C18H19N5O4S/c1-22(2)28(25,26)16-12-13(7-8-15(16)27-3)18(24)21-14-6-4-9-19-17(14)23-11-5-10-20-23/h4-12H,1-3H3,(H,21,24). The zero-order chi connectivity index (χ0) is 20.3. The molecule has 3 aromatic rings. The van der Waals surface area contributed by atoms with Crippen LogP contribution in [0, 0.1) is 0 Å². The predicted octanol–water partition coefficient (Wildman–Crippen LogP) is 1.78. The quantitative estimate of drug-likeness (QED) is 0.675. The number of sulfonamides is 1. The Morgan fingerprint density at radius 3 is 2.61 bits per heavy atom. The van der Waals surface area contributed by atoms with Gasteiger partial charge in [0.25, 0.3) is 5.91 Å². The number of nitrogens with zero attached hydrogens (tertiary/aromatic N) is 4. The van der Waals surface area contributed by atoms with E-state index in [-0.39, 0.29) is 16.2 Å². The van der Waals surface area contributed by atoms with Crippen molar-refractivity contribution in [1.82, 2.24) is 19.1 Å². The van der Waals surface area contributed by atoms with Crippen molar-refractivity contribution >= 4 is 21.6 Å². The highest BCUT2D eigenvalue weighted by Gasteiger charge is 2.24. The van der Waals surface area contributed by atoms with Gasteiger partial charge in [-0.05, 0) is 36.4 Å². The molecule has 9 nitrogen and oxygen atoms in total. The zero-order valence-electron chi connectivity index (χ0n) is 15.5. The van der Waals surface area contributed by atoms with Gasteiger partial charge in [-0.1, -0.05) is 0 Å². The maximum Gasteiger partial charge on any atom is 0.255 e. The van der Waals surface area contributed by atoms with Crippen LogP contribution in [-0.4, -0.2) is 54.6 Å². The van der Waals surface area contributed by atoms with Gasteiger partial charge in [0.05, 0.1) is 12.8 Å². The van der Waals surface area contributed by atoms with Crippen molar-refractivity contribution in [2.45, 2.75) is 4.90 Å². The van der Waals surface area contributed by atoms with Crippen LogP contribution in [-0.2, 0) is 10.0 Å². The Bertz CT molecular complexity index is 1090. The molecule has 1 aromatic carbocycles. The number of aromatic nitrogens is 3. The van der Waals surface area contributed by atoms with Gasteiger partial charge in [0.1, 0.15) is 10.6 Å². The van der Waals surface area contributed by atoms with Crippen molar-refractivity contribution < 1.29 is 17.9 Å². The lowest BCUT2D eigenvalue weighted by molar-refractivity contribution is 0.102. The molecule has 0 saturated carbocycles. The molecule has 2 heterocycles. The van der Waals surface area contributed by atoms with E-state index >= 15 is 0 Å². The monoisotopic (exact) mass is 401 g/mol. The van der Waals surface area contributed by atoms with Gasteiger partial charge < -0.3 is 10.1 Å². The molecule has 0 unspecified atom stereocenters. The molecule has 3 rings (SSSR count). The molecule has 0 aliphatic rings. The van der Waals surface area contributed by atoms with Crippen LogP contribution in [0.5, 0.6) is 5.75 Å². The number of carbonyl (C=O) groups is 1. The van der Waals surface area contributed by atoms with Crippen molar-refractivity contribution in [3.63, 3.8) is 0 Å². The van der Waals surface area contributed by atoms with Crippen LogP contribution >= 0.6 is 0 Å². The van der Waals surface area contributed by atoms with E-state index < -0.39 is 15.9 Å². The van der Waals surface area contributed by atoms with Gasteiger partial charge in [-0.25, -0.2) is 22.4 Å². The number of rotatable bonds is 6. The summed E-state index contributed by atoms with van der Waals surface area (Å²) in [5, 5.41) is 6.87. The number of benzene rings is 1. The first-order valence-electron chi connectivity index (χ1n) is 8.21. The van der Waals surface area contributed by atoms with E-state index in [0.717, 1.165) is 4.31 Å². The van der Waals surface area contributed by atoms with Gasteiger partial charge in [0, 0.05) is 38.2 Å². The lowest BCUT2D eigenvalue weighted by Gasteiger charge is -2.16. The van der Waals surface area contributed by atoms with Crippen LogP contribution in [0.3, 0.4) is 0 Å². The number of pyridine rings is 1. The van der Waals surface area contributed by atoms with E-state index in [1.165, 1.54) is 44.1 Å². The lowest BCUT2D eigenvalue weighted by atomic mass is 10.2. The number of nitrogens with one attached hydrogen (secondary N) is 1. The Kier molecular flexibility index (Phi) is 5.43. The minimum atomic E-state index is -3.79. The molecular weight excluding hydrogens is 382 g/mol. The number of hydrogen-bond acceptors (Lipinski definition) is 6. The third-order valence-electron chi connectivity index (χ3n) is 3.94. The molecule has 0 radical (unpaired) electrons. The highest BCUT2D eigenvalue weighted by Crippen LogP contribution is 2.27. The van der Waals surface area contributed by atoms with Crippen molar-refractivity contribution in [2.24, 2.45) is 0 Å². The van der Waals surface area contributed by atoms with E-state index in [2.05, 4.69) is 15.4 Å². The number of hydrogen-bond donors (Lipinski definition) is 1. The van der Waals surface area contributed by atoms with Crippen molar-refractivity contribution in [3.05, 3.63) is 60.6 Å². The molecule has 146 valence electrons. The number of methoxy groups -OCH3 is 1. The zero-order valence-corrected chi connectivity index (χ0v) is 16.3. The van der Waals surface area contributed by atoms with Gasteiger partial charge >= 0.3 is 0 Å². The maximum absolute atomic E-state index is 12.8. The highest BCUT2D eigenvalue weighted by atomic mass is 32.2. The van der Waals surface area contributed by atoms with Gasteiger partial charge in [0.15, 0.2) is 5.82 Å². The first-order valence-corrected chi connectivity index (χ1v) is 9.65. The summed E-state index contributed by atoms with van der Waals surface area (Å²) in [6, 6.07) is 9.33. The fourth-order valence-corrected chi connectivity index (χ4v) is 3.56. The lowest BCUT2D eigenvalue weighted by Crippen LogP contribution is -2.23. The summed E-state index contributed by atoms with van der Waals surface area (Å²) in [5.41, 5.74) is 0.598. The summed E-state index contributed by atoms with van der Waals surface area (Å²) in [5.74, 6) is 0.110. The number of anilines is 1. The maximum atomic E-state index is 12.8. The smallest absolute Gasteiger partial charge is 0.255 e. The second-order valence-corrected chi connectivity index (χ2v) is 8.05. The molecule has 0 bridgehead atoms. The minimum Gasteiger partial charge on any atom is -0.495 e. The Hall–Kier alpha value is -3.24. The van der Waals surface area contributed by atoms with Crippen LogP contribution in [0.25, 0.3) is 5.82 Å². The molecule has 0 fully saturated rings. The Labute approximate surface area is 162 Å². The number of amides is 1. The summed E-state index contributed by atoms with van der Waals surface area (Å²) in [4.78, 5) is 16.9. The van der Waals surface area contributed by atoms with Crippen LogP contribution in [0.1, 0.15) is 10.4 Å². The minimum absolute atomic E-state index is 0.0915. The largest absolute Gasteiger partial charge is 0.495 e. The number of carbonyl (C=O) groups excluding carboxylic acids is 1. The average molecular weight is 401 g/mol. The van der Waals surface area contributed by atoms with E-state index in [9.17, 15) is 13.2 Å². The summed E-state index contributed by atoms with van der Waals surface area (Å²) in [6.07, 6.45) is 4.89. The molecule has 0 atom stereocenters. The summed E-state index contributed by atoms with van der Waals surface area (Å²) >= 11 is 0. The third kappa shape index (κ3) is 3.73. The Morgan fingerprint density at radius 1 is 1.18 bits per heavy atom. The van der Waals surface area contributed by atoms with Crippen molar-refractivity contribution in [3.8, 4) is 11.6 Å². The molecule has 0 aliphatic heterocycles. The van der Waals surface area contributed by atoms with Crippen LogP contribution < -0.4 is 10.1 Å². The number of ether oxygens (including phenoxy) is 1. The summed E-state index contributed by atoms with van der Waals surface area (Å²) in [7, 11) is 0.401. The summed E-state index contributed by atoms with van der Waals surface area (Å²) in [6.45, 7) is 0. The van der Waals surface area contributed by atoms with Gasteiger partial charge in [-0.3, -0.25) is 4.79 Å². The second kappa shape index (κ2) is 7.79. The molecule has 0 saturated heterocycles. The molecule has 2 aromatic heterocycles. The van der Waals surface area contributed by atoms with Gasteiger partial charge in [0.2, 0.25) is 10.0 Å². The molecule has 28 heavy (non-hydrogen) atoms. The molecular formula is C18H19N5O4S. The topological polar surface area (TPSA) is 106 Å². The predicted molar refractivity (Wildman–Crippen MR) is 103 cm³/mol. The average Bonchev–Trinajstić information content (AvgIpc) is 3.22. The van der Waals surface area contributed by atoms with Gasteiger partial charge in [-0.15, -0.1) is 0 Å². The van der Waals surface area contributed by atoms with Crippen LogP contribution in [0.15, 0.2) is 59.9 Å². The van der Waals surface area contributed by atoms with Gasteiger partial charge in [-0.2, -0.15) is 5.10 Å². The summed E-state index contributed by atoms with van der Waals surface area (Å²) < 4.78 is 32.8. The first-order chi connectivity index (χ1) is 13.3. The van der Waals surface area contributed by atoms with E-state index in [1.54, 1.807) is 36.8 Å². The van der Waals surface area contributed by atoms with Crippen LogP contribution in [0.2, 0.25) is 0 Å². The Morgan fingerprint density at radius 2 is 1.96 bits per heavy atom. The SMILES string of the molecule is COc1ccc(C(=O)Nc2cccnc2-n2cccn2)cc1S(=O)(=O)N(C)C. The molecule has 10 heteroatoms.